The second-order valence-electron chi connectivity index (χ2n) is 4.20. The highest BCUT2D eigenvalue weighted by Gasteiger charge is 2.35. The van der Waals surface area contributed by atoms with E-state index in [2.05, 4.69) is 5.32 Å². The largest absolute Gasteiger partial charge is 0.417 e. The molecule has 0 fully saturated rings. The molecule has 1 rings (SSSR count). The third kappa shape index (κ3) is 4.24. The number of hydrogen-bond donors (Lipinski definition) is 2. The van der Waals surface area contributed by atoms with Crippen LogP contribution in [0.3, 0.4) is 0 Å². The Morgan fingerprint density at radius 2 is 2.00 bits per heavy atom. The summed E-state index contributed by atoms with van der Waals surface area (Å²) in [6.07, 6.45) is -3.38. The Balaban J connectivity index is 2.94. The van der Waals surface area contributed by atoms with Crippen LogP contribution >= 0.6 is 0 Å². The van der Waals surface area contributed by atoms with E-state index in [0.717, 1.165) is 6.07 Å². The molecule has 0 heterocycles. The van der Waals surface area contributed by atoms with Gasteiger partial charge in [-0.15, -0.1) is 0 Å². The monoisotopic (exact) mass is 274 g/mol. The number of benzene rings is 1. The third-order valence-corrected chi connectivity index (χ3v) is 2.82. The number of rotatable bonds is 5. The molecule has 3 nitrogen and oxygen atoms in total. The number of amides is 1. The minimum Gasteiger partial charge on any atom is -0.349 e. The maximum atomic E-state index is 12.8. The molecule has 0 aliphatic carbocycles. The molecule has 1 aromatic carbocycles. The van der Waals surface area contributed by atoms with Gasteiger partial charge in [-0.2, -0.15) is 13.2 Å². The van der Waals surface area contributed by atoms with Gasteiger partial charge in [0, 0.05) is 6.04 Å². The summed E-state index contributed by atoms with van der Waals surface area (Å²) in [4.78, 5) is 11.9. The van der Waals surface area contributed by atoms with Crippen molar-refractivity contribution in [3.05, 3.63) is 35.4 Å². The maximum Gasteiger partial charge on any atom is 0.417 e. The summed E-state index contributed by atoms with van der Waals surface area (Å²) in [5.74, 6) is -0.715. The van der Waals surface area contributed by atoms with Crippen LogP contribution in [0, 0.1) is 0 Å². The molecule has 1 amide bonds. The Morgan fingerprint density at radius 3 is 2.53 bits per heavy atom. The van der Waals surface area contributed by atoms with Crippen LogP contribution in [0.15, 0.2) is 24.3 Å². The zero-order chi connectivity index (χ0) is 14.5. The van der Waals surface area contributed by atoms with Crippen molar-refractivity contribution in [2.45, 2.75) is 32.0 Å². The van der Waals surface area contributed by atoms with Gasteiger partial charge in [-0.3, -0.25) is 4.79 Å². The number of carbonyl (C=O) groups excluding carboxylic acids is 1. The predicted molar refractivity (Wildman–Crippen MR) is 66.7 cm³/mol. The molecule has 1 atom stereocenters. The van der Waals surface area contributed by atoms with Crippen molar-refractivity contribution in [3.63, 3.8) is 0 Å². The lowest BCUT2D eigenvalue weighted by Crippen LogP contribution is -2.36. The van der Waals surface area contributed by atoms with Crippen LogP contribution in [-0.2, 0) is 6.18 Å². The molecule has 0 aromatic heterocycles. The van der Waals surface area contributed by atoms with Crippen LogP contribution in [0.1, 0.15) is 35.7 Å². The van der Waals surface area contributed by atoms with Crippen molar-refractivity contribution >= 4 is 5.91 Å². The van der Waals surface area contributed by atoms with Crippen LogP contribution in [0.2, 0.25) is 0 Å². The summed E-state index contributed by atoms with van der Waals surface area (Å²) in [5.41, 5.74) is 4.11. The van der Waals surface area contributed by atoms with Gasteiger partial charge in [-0.1, -0.05) is 19.1 Å². The Kier molecular flexibility index (Phi) is 5.35. The van der Waals surface area contributed by atoms with E-state index in [9.17, 15) is 18.0 Å². The lowest BCUT2D eigenvalue weighted by atomic mass is 10.0. The van der Waals surface area contributed by atoms with E-state index in [1.807, 2.05) is 6.92 Å². The van der Waals surface area contributed by atoms with Gasteiger partial charge >= 0.3 is 6.18 Å². The van der Waals surface area contributed by atoms with Gasteiger partial charge in [0.2, 0.25) is 0 Å². The first-order chi connectivity index (χ1) is 8.90. The second-order valence-corrected chi connectivity index (χ2v) is 4.20. The fourth-order valence-corrected chi connectivity index (χ4v) is 1.77. The van der Waals surface area contributed by atoms with E-state index >= 15 is 0 Å². The molecular formula is C13H17F3N2O. The molecule has 1 aromatic rings. The van der Waals surface area contributed by atoms with E-state index in [4.69, 9.17) is 5.73 Å². The van der Waals surface area contributed by atoms with E-state index in [1.54, 1.807) is 0 Å². The summed E-state index contributed by atoms with van der Waals surface area (Å²) in [7, 11) is 0. The molecule has 0 saturated carbocycles. The van der Waals surface area contributed by atoms with Gasteiger partial charge in [-0.05, 0) is 31.5 Å². The topological polar surface area (TPSA) is 55.1 Å². The highest BCUT2D eigenvalue weighted by atomic mass is 19.4. The lowest BCUT2D eigenvalue weighted by molar-refractivity contribution is -0.137. The Bertz CT molecular complexity index is 432. The molecule has 0 aliphatic heterocycles. The molecule has 0 radical (unpaired) electrons. The number of carbonyl (C=O) groups is 1. The normalized spacial score (nSPS) is 13.1. The Labute approximate surface area is 110 Å². The summed E-state index contributed by atoms with van der Waals surface area (Å²) in [6, 6.07) is 4.54. The summed E-state index contributed by atoms with van der Waals surface area (Å²) in [5, 5.41) is 2.58. The van der Waals surface area contributed by atoms with Crippen LogP contribution < -0.4 is 11.1 Å². The molecule has 19 heavy (non-hydrogen) atoms. The van der Waals surface area contributed by atoms with Gasteiger partial charge < -0.3 is 11.1 Å². The van der Waals surface area contributed by atoms with E-state index in [0.29, 0.717) is 19.4 Å². The molecule has 1 unspecified atom stereocenters. The van der Waals surface area contributed by atoms with Crippen LogP contribution in [0.5, 0.6) is 0 Å². The number of nitrogens with one attached hydrogen (secondary N) is 1. The summed E-state index contributed by atoms with van der Waals surface area (Å²) in [6.45, 7) is 2.22. The van der Waals surface area contributed by atoms with E-state index < -0.39 is 17.6 Å². The summed E-state index contributed by atoms with van der Waals surface area (Å²) >= 11 is 0. The van der Waals surface area contributed by atoms with Gasteiger partial charge in [0.05, 0.1) is 11.1 Å². The van der Waals surface area contributed by atoms with Crippen molar-refractivity contribution in [1.29, 1.82) is 0 Å². The highest BCUT2D eigenvalue weighted by molar-refractivity contribution is 5.96. The molecule has 0 saturated heterocycles. The zero-order valence-electron chi connectivity index (χ0n) is 10.6. The van der Waals surface area contributed by atoms with Gasteiger partial charge in [0.1, 0.15) is 0 Å². The third-order valence-electron chi connectivity index (χ3n) is 2.82. The first-order valence-electron chi connectivity index (χ1n) is 6.07. The lowest BCUT2D eigenvalue weighted by Gasteiger charge is -2.18. The minimum atomic E-state index is -4.54. The molecular weight excluding hydrogens is 257 g/mol. The van der Waals surface area contributed by atoms with Crippen molar-refractivity contribution in [2.75, 3.05) is 6.54 Å². The van der Waals surface area contributed by atoms with Crippen molar-refractivity contribution in [1.82, 2.24) is 5.32 Å². The predicted octanol–water partition coefficient (Wildman–Crippen LogP) is 2.56. The number of nitrogens with two attached hydrogens (primary N) is 1. The first-order valence-corrected chi connectivity index (χ1v) is 6.07. The fourth-order valence-electron chi connectivity index (χ4n) is 1.77. The number of hydrogen-bond acceptors (Lipinski definition) is 2. The highest BCUT2D eigenvalue weighted by Crippen LogP contribution is 2.31. The van der Waals surface area contributed by atoms with Crippen molar-refractivity contribution in [2.24, 2.45) is 5.73 Å². The van der Waals surface area contributed by atoms with Crippen LogP contribution in [0.4, 0.5) is 13.2 Å². The number of halogens is 3. The van der Waals surface area contributed by atoms with E-state index in [-0.39, 0.29) is 11.6 Å². The molecule has 6 heteroatoms. The minimum absolute atomic E-state index is 0.209. The average molecular weight is 274 g/mol. The fraction of sp³-hybridized carbons (Fsp3) is 0.462. The smallest absolute Gasteiger partial charge is 0.349 e. The SMILES string of the molecule is CCC(CCN)NC(=O)c1ccccc1C(F)(F)F. The van der Waals surface area contributed by atoms with Gasteiger partial charge in [0.15, 0.2) is 0 Å². The maximum absolute atomic E-state index is 12.8. The van der Waals surface area contributed by atoms with Crippen molar-refractivity contribution < 1.29 is 18.0 Å². The molecule has 3 N–H and O–H groups in total. The Hall–Kier alpha value is -1.56. The van der Waals surface area contributed by atoms with Crippen LogP contribution in [-0.4, -0.2) is 18.5 Å². The van der Waals surface area contributed by atoms with Gasteiger partial charge in [0.25, 0.3) is 5.91 Å². The zero-order valence-corrected chi connectivity index (χ0v) is 10.6. The Morgan fingerprint density at radius 1 is 1.37 bits per heavy atom. The number of alkyl halides is 3. The molecule has 0 spiro atoms. The second kappa shape index (κ2) is 6.56. The molecule has 106 valence electrons. The quantitative estimate of drug-likeness (QED) is 0.867. The first kappa shape index (κ1) is 15.5. The standard InChI is InChI=1S/C13H17F3N2O/c1-2-9(7-8-17)18-12(19)10-5-3-4-6-11(10)13(14,15)16/h3-6,9H,2,7-8,17H2,1H3,(H,18,19). The van der Waals surface area contributed by atoms with Crippen molar-refractivity contribution in [3.8, 4) is 0 Å². The molecule has 0 bridgehead atoms. The van der Waals surface area contributed by atoms with Crippen LogP contribution in [0.25, 0.3) is 0 Å². The molecule has 0 aliphatic rings. The van der Waals surface area contributed by atoms with Gasteiger partial charge in [-0.25, -0.2) is 0 Å². The summed E-state index contributed by atoms with van der Waals surface area (Å²) < 4.78 is 38.3. The average Bonchev–Trinajstić information content (AvgIpc) is 2.37. The van der Waals surface area contributed by atoms with E-state index in [1.165, 1.54) is 18.2 Å².